The molecule has 112 valence electrons. The van der Waals surface area contributed by atoms with Crippen molar-refractivity contribution in [3.05, 3.63) is 35.4 Å². The number of rotatable bonds is 6. The standard InChI is InChI=1S/C16H26N2O2/c1-5-11(2)15(19)10-17-16(20)18-13(4)14-9-7-6-8-12(14)3/h6-9,11,13,15,19H,5,10H2,1-4H3,(H2,17,18,20). The molecule has 0 heterocycles. The second kappa shape index (κ2) is 7.90. The summed E-state index contributed by atoms with van der Waals surface area (Å²) < 4.78 is 0. The number of aliphatic hydroxyl groups is 1. The smallest absolute Gasteiger partial charge is 0.315 e. The van der Waals surface area contributed by atoms with E-state index in [-0.39, 0.29) is 24.5 Å². The second-order valence-electron chi connectivity index (χ2n) is 5.39. The van der Waals surface area contributed by atoms with E-state index in [4.69, 9.17) is 0 Å². The molecule has 3 N–H and O–H groups in total. The van der Waals surface area contributed by atoms with Crippen LogP contribution in [0.3, 0.4) is 0 Å². The van der Waals surface area contributed by atoms with Crippen LogP contribution >= 0.6 is 0 Å². The number of amides is 2. The predicted molar refractivity (Wildman–Crippen MR) is 81.6 cm³/mol. The normalized spacial score (nSPS) is 15.2. The van der Waals surface area contributed by atoms with Gasteiger partial charge in [-0.15, -0.1) is 0 Å². The Bertz CT molecular complexity index is 434. The minimum atomic E-state index is -0.500. The molecule has 4 nitrogen and oxygen atoms in total. The third-order valence-corrected chi connectivity index (χ3v) is 3.78. The number of nitrogens with one attached hydrogen (secondary N) is 2. The van der Waals surface area contributed by atoms with Gasteiger partial charge in [-0.05, 0) is 30.9 Å². The lowest BCUT2D eigenvalue weighted by Gasteiger charge is -2.20. The van der Waals surface area contributed by atoms with E-state index in [1.807, 2.05) is 52.0 Å². The van der Waals surface area contributed by atoms with Crippen molar-refractivity contribution in [3.8, 4) is 0 Å². The van der Waals surface area contributed by atoms with Gasteiger partial charge in [0, 0.05) is 6.54 Å². The molecule has 0 aliphatic heterocycles. The third-order valence-electron chi connectivity index (χ3n) is 3.78. The molecule has 1 aromatic carbocycles. The van der Waals surface area contributed by atoms with Crippen molar-refractivity contribution in [3.63, 3.8) is 0 Å². The first-order valence-corrected chi connectivity index (χ1v) is 7.23. The fourth-order valence-corrected chi connectivity index (χ4v) is 2.07. The van der Waals surface area contributed by atoms with Crippen molar-refractivity contribution >= 4 is 6.03 Å². The molecule has 3 atom stereocenters. The minimum absolute atomic E-state index is 0.0584. The molecule has 0 fully saturated rings. The monoisotopic (exact) mass is 278 g/mol. The quantitative estimate of drug-likeness (QED) is 0.749. The summed E-state index contributed by atoms with van der Waals surface area (Å²) in [7, 11) is 0. The Morgan fingerprint density at radius 3 is 2.55 bits per heavy atom. The molecule has 1 rings (SSSR count). The Balaban J connectivity index is 2.45. The van der Waals surface area contributed by atoms with Crippen LogP contribution in [0, 0.1) is 12.8 Å². The van der Waals surface area contributed by atoms with E-state index >= 15 is 0 Å². The van der Waals surface area contributed by atoms with E-state index < -0.39 is 6.10 Å². The number of carbonyl (C=O) groups excluding carboxylic acids is 1. The van der Waals surface area contributed by atoms with Gasteiger partial charge in [0.2, 0.25) is 0 Å². The molecule has 20 heavy (non-hydrogen) atoms. The van der Waals surface area contributed by atoms with Crippen molar-refractivity contribution in [1.29, 1.82) is 0 Å². The minimum Gasteiger partial charge on any atom is -0.391 e. The second-order valence-corrected chi connectivity index (χ2v) is 5.39. The van der Waals surface area contributed by atoms with Gasteiger partial charge in [-0.3, -0.25) is 0 Å². The first-order chi connectivity index (χ1) is 9.45. The average molecular weight is 278 g/mol. The Kier molecular flexibility index (Phi) is 6.52. The van der Waals surface area contributed by atoms with E-state index in [9.17, 15) is 9.90 Å². The number of hydrogen-bond acceptors (Lipinski definition) is 2. The first-order valence-electron chi connectivity index (χ1n) is 7.23. The van der Waals surface area contributed by atoms with E-state index in [1.54, 1.807) is 0 Å². The van der Waals surface area contributed by atoms with Gasteiger partial charge in [0.25, 0.3) is 0 Å². The molecule has 0 bridgehead atoms. The van der Waals surface area contributed by atoms with Gasteiger partial charge in [-0.2, -0.15) is 0 Å². The van der Waals surface area contributed by atoms with Crippen LogP contribution < -0.4 is 10.6 Å². The maximum Gasteiger partial charge on any atom is 0.315 e. The number of urea groups is 1. The van der Waals surface area contributed by atoms with Gasteiger partial charge in [-0.1, -0.05) is 44.5 Å². The Hall–Kier alpha value is -1.55. The summed E-state index contributed by atoms with van der Waals surface area (Å²) >= 11 is 0. The van der Waals surface area contributed by atoms with Crippen LogP contribution in [0.25, 0.3) is 0 Å². The predicted octanol–water partition coefficient (Wildman–Crippen LogP) is 2.76. The Morgan fingerprint density at radius 1 is 1.30 bits per heavy atom. The molecule has 0 saturated carbocycles. The highest BCUT2D eigenvalue weighted by Crippen LogP contribution is 2.16. The first kappa shape index (κ1) is 16.5. The van der Waals surface area contributed by atoms with Gasteiger partial charge < -0.3 is 15.7 Å². The molecular formula is C16H26N2O2. The number of hydrogen-bond donors (Lipinski definition) is 3. The van der Waals surface area contributed by atoms with Gasteiger partial charge in [-0.25, -0.2) is 4.79 Å². The van der Waals surface area contributed by atoms with E-state index in [2.05, 4.69) is 10.6 Å². The lowest BCUT2D eigenvalue weighted by Crippen LogP contribution is -2.42. The lowest BCUT2D eigenvalue weighted by molar-refractivity contribution is 0.114. The molecule has 3 unspecified atom stereocenters. The zero-order valence-corrected chi connectivity index (χ0v) is 12.8. The molecule has 0 spiro atoms. The number of benzene rings is 1. The van der Waals surface area contributed by atoms with Crippen LogP contribution in [0.4, 0.5) is 4.79 Å². The fraction of sp³-hybridized carbons (Fsp3) is 0.562. The van der Waals surface area contributed by atoms with Crippen molar-refractivity contribution in [2.75, 3.05) is 6.54 Å². The maximum absolute atomic E-state index is 11.8. The Labute approximate surface area is 121 Å². The van der Waals surface area contributed by atoms with Crippen LogP contribution in [-0.4, -0.2) is 23.8 Å². The number of aryl methyl sites for hydroxylation is 1. The molecule has 0 saturated heterocycles. The Morgan fingerprint density at radius 2 is 1.95 bits per heavy atom. The van der Waals surface area contributed by atoms with Crippen molar-refractivity contribution < 1.29 is 9.90 Å². The van der Waals surface area contributed by atoms with Gasteiger partial charge >= 0.3 is 6.03 Å². The molecule has 0 aromatic heterocycles. The van der Waals surface area contributed by atoms with Crippen LogP contribution in [-0.2, 0) is 0 Å². The summed E-state index contributed by atoms with van der Waals surface area (Å²) in [5.41, 5.74) is 2.25. The van der Waals surface area contributed by atoms with Crippen molar-refractivity contribution in [1.82, 2.24) is 10.6 Å². The number of carbonyl (C=O) groups is 1. The summed E-state index contributed by atoms with van der Waals surface area (Å²) in [6, 6.07) is 7.67. The average Bonchev–Trinajstić information content (AvgIpc) is 2.44. The molecule has 4 heteroatoms. The molecule has 0 radical (unpaired) electrons. The van der Waals surface area contributed by atoms with E-state index in [1.165, 1.54) is 0 Å². The van der Waals surface area contributed by atoms with Gasteiger partial charge in [0.15, 0.2) is 0 Å². The maximum atomic E-state index is 11.8. The van der Waals surface area contributed by atoms with Crippen LogP contribution in [0.1, 0.15) is 44.4 Å². The van der Waals surface area contributed by atoms with Crippen molar-refractivity contribution in [2.24, 2.45) is 5.92 Å². The van der Waals surface area contributed by atoms with Crippen molar-refractivity contribution in [2.45, 2.75) is 46.3 Å². The molecule has 1 aromatic rings. The highest BCUT2D eigenvalue weighted by molar-refractivity contribution is 5.74. The van der Waals surface area contributed by atoms with Crippen LogP contribution in [0.5, 0.6) is 0 Å². The fourth-order valence-electron chi connectivity index (χ4n) is 2.07. The largest absolute Gasteiger partial charge is 0.391 e. The zero-order valence-electron chi connectivity index (χ0n) is 12.8. The summed E-state index contributed by atoms with van der Waals surface area (Å²) in [6.07, 6.45) is 0.392. The summed E-state index contributed by atoms with van der Waals surface area (Å²) in [5, 5.41) is 15.4. The highest BCUT2D eigenvalue weighted by atomic mass is 16.3. The van der Waals surface area contributed by atoms with Crippen LogP contribution in [0.15, 0.2) is 24.3 Å². The zero-order chi connectivity index (χ0) is 15.1. The van der Waals surface area contributed by atoms with E-state index in [0.717, 1.165) is 17.5 Å². The molecule has 0 aliphatic carbocycles. The molecule has 0 aliphatic rings. The topological polar surface area (TPSA) is 61.4 Å². The summed E-state index contributed by atoms with van der Waals surface area (Å²) in [5.74, 6) is 0.184. The SMILES string of the molecule is CCC(C)C(O)CNC(=O)NC(C)c1ccccc1C. The summed E-state index contributed by atoms with van der Waals surface area (Å²) in [4.78, 5) is 11.8. The molecular weight excluding hydrogens is 252 g/mol. The van der Waals surface area contributed by atoms with E-state index in [0.29, 0.717) is 0 Å². The lowest BCUT2D eigenvalue weighted by atomic mass is 10.0. The van der Waals surface area contributed by atoms with Gasteiger partial charge in [0.1, 0.15) is 0 Å². The van der Waals surface area contributed by atoms with Crippen LogP contribution in [0.2, 0.25) is 0 Å². The summed E-state index contributed by atoms with van der Waals surface area (Å²) in [6.45, 7) is 8.25. The van der Waals surface area contributed by atoms with Gasteiger partial charge in [0.05, 0.1) is 12.1 Å². The highest BCUT2D eigenvalue weighted by Gasteiger charge is 2.15. The third kappa shape index (κ3) is 4.85. The molecule has 2 amide bonds. The number of aliphatic hydroxyl groups excluding tert-OH is 1.